The first kappa shape index (κ1) is 23.8. The molecule has 1 aromatic carbocycles. The zero-order valence-corrected chi connectivity index (χ0v) is 19.5. The molecule has 1 atom stereocenters. The Labute approximate surface area is 190 Å². The highest BCUT2D eigenvalue weighted by atomic mass is 16.5. The van der Waals surface area contributed by atoms with E-state index in [9.17, 15) is 4.79 Å². The van der Waals surface area contributed by atoms with Crippen molar-refractivity contribution < 1.29 is 9.32 Å². The molecule has 3 rings (SSSR count). The molecule has 4 N–H and O–H groups in total. The standard InChI is InChI=1S/C24H36N6O2/c1-4-21-20(22(5-2)32-29-21)14-28-24(26-3)27-13-17-8-6-9-18(12-17)15-30-11-7-10-19(16-30)23(25)31/h6,8-9,12,19H,4-5,7,10-11,13-16H2,1-3H3,(H2,25,31)(H2,26,27,28). The van der Waals surface area contributed by atoms with Gasteiger partial charge < -0.3 is 20.9 Å². The van der Waals surface area contributed by atoms with Crippen LogP contribution in [0.5, 0.6) is 0 Å². The molecular weight excluding hydrogens is 404 g/mol. The maximum atomic E-state index is 11.5. The minimum Gasteiger partial charge on any atom is -0.369 e. The molecule has 32 heavy (non-hydrogen) atoms. The maximum Gasteiger partial charge on any atom is 0.221 e. The Balaban J connectivity index is 1.53. The number of aromatic nitrogens is 1. The third-order valence-electron chi connectivity index (χ3n) is 6.03. The van der Waals surface area contributed by atoms with E-state index in [1.54, 1.807) is 7.05 Å². The lowest BCUT2D eigenvalue weighted by Gasteiger charge is -2.31. The molecule has 1 aromatic heterocycles. The largest absolute Gasteiger partial charge is 0.369 e. The van der Waals surface area contributed by atoms with Gasteiger partial charge in [-0.15, -0.1) is 0 Å². The van der Waals surface area contributed by atoms with Gasteiger partial charge in [0.1, 0.15) is 5.76 Å². The van der Waals surface area contributed by atoms with Crippen molar-refractivity contribution >= 4 is 11.9 Å². The van der Waals surface area contributed by atoms with E-state index < -0.39 is 0 Å². The van der Waals surface area contributed by atoms with Gasteiger partial charge in [-0.25, -0.2) is 0 Å². The van der Waals surface area contributed by atoms with Crippen LogP contribution >= 0.6 is 0 Å². The second kappa shape index (κ2) is 11.7. The van der Waals surface area contributed by atoms with E-state index in [0.29, 0.717) is 13.1 Å². The summed E-state index contributed by atoms with van der Waals surface area (Å²) < 4.78 is 5.45. The lowest BCUT2D eigenvalue weighted by atomic mass is 9.97. The number of guanidine groups is 1. The zero-order valence-electron chi connectivity index (χ0n) is 19.5. The van der Waals surface area contributed by atoms with Crippen molar-refractivity contribution in [2.45, 2.75) is 59.2 Å². The first-order valence-corrected chi connectivity index (χ1v) is 11.5. The van der Waals surface area contributed by atoms with Crippen molar-refractivity contribution in [1.29, 1.82) is 0 Å². The number of nitrogens with one attached hydrogen (secondary N) is 2. The van der Waals surface area contributed by atoms with Crippen LogP contribution in [0.1, 0.15) is 54.8 Å². The minimum atomic E-state index is -0.185. The molecule has 0 bridgehead atoms. The fourth-order valence-corrected chi connectivity index (χ4v) is 4.24. The first-order valence-electron chi connectivity index (χ1n) is 11.5. The van der Waals surface area contributed by atoms with Crippen LogP contribution in [0.2, 0.25) is 0 Å². The number of piperidine rings is 1. The average molecular weight is 441 g/mol. The Hall–Kier alpha value is -2.87. The molecule has 2 heterocycles. The quantitative estimate of drug-likeness (QED) is 0.408. The van der Waals surface area contributed by atoms with Crippen molar-refractivity contribution in [1.82, 2.24) is 20.7 Å². The van der Waals surface area contributed by atoms with Gasteiger partial charge in [-0.2, -0.15) is 0 Å². The molecule has 0 aliphatic carbocycles. The third kappa shape index (κ3) is 6.32. The van der Waals surface area contributed by atoms with Gasteiger partial charge in [0.25, 0.3) is 0 Å². The van der Waals surface area contributed by atoms with Crippen LogP contribution in [0.4, 0.5) is 0 Å². The van der Waals surface area contributed by atoms with Crippen LogP contribution in [0.15, 0.2) is 33.8 Å². The fourth-order valence-electron chi connectivity index (χ4n) is 4.24. The Morgan fingerprint density at radius 1 is 1.25 bits per heavy atom. The van der Waals surface area contributed by atoms with Gasteiger partial charge in [0.05, 0.1) is 11.6 Å². The molecule has 1 fully saturated rings. The second-order valence-corrected chi connectivity index (χ2v) is 8.31. The topological polar surface area (TPSA) is 109 Å². The summed E-state index contributed by atoms with van der Waals surface area (Å²) in [5, 5.41) is 10.9. The molecule has 0 radical (unpaired) electrons. The van der Waals surface area contributed by atoms with E-state index >= 15 is 0 Å². The lowest BCUT2D eigenvalue weighted by molar-refractivity contribution is -0.123. The smallest absolute Gasteiger partial charge is 0.221 e. The van der Waals surface area contributed by atoms with Crippen molar-refractivity contribution in [3.05, 3.63) is 52.4 Å². The Morgan fingerprint density at radius 3 is 2.75 bits per heavy atom. The van der Waals surface area contributed by atoms with Crippen LogP contribution < -0.4 is 16.4 Å². The SMILES string of the molecule is CCc1noc(CC)c1CNC(=NC)NCc1cccc(CN2CCCC(C(N)=O)C2)c1. The van der Waals surface area contributed by atoms with E-state index in [-0.39, 0.29) is 11.8 Å². The monoisotopic (exact) mass is 440 g/mol. The highest BCUT2D eigenvalue weighted by Crippen LogP contribution is 2.19. The molecule has 1 saturated heterocycles. The van der Waals surface area contributed by atoms with Crippen molar-refractivity contribution in [3.63, 3.8) is 0 Å². The molecule has 1 amide bonds. The summed E-state index contributed by atoms with van der Waals surface area (Å²) in [4.78, 5) is 18.2. The van der Waals surface area contributed by atoms with Gasteiger partial charge in [-0.05, 0) is 36.9 Å². The number of carbonyl (C=O) groups is 1. The van der Waals surface area contributed by atoms with Crippen LogP contribution in [0.25, 0.3) is 0 Å². The van der Waals surface area contributed by atoms with Crippen molar-refractivity contribution in [2.75, 3.05) is 20.1 Å². The molecule has 0 spiro atoms. The van der Waals surface area contributed by atoms with Crippen LogP contribution in [0, 0.1) is 5.92 Å². The maximum absolute atomic E-state index is 11.5. The number of likely N-dealkylation sites (tertiary alicyclic amines) is 1. The number of aliphatic imine (C=N–C) groups is 1. The molecule has 174 valence electrons. The predicted molar refractivity (Wildman–Crippen MR) is 126 cm³/mol. The summed E-state index contributed by atoms with van der Waals surface area (Å²) in [6.07, 6.45) is 3.58. The number of benzene rings is 1. The normalized spacial score (nSPS) is 17.3. The lowest BCUT2D eigenvalue weighted by Crippen LogP contribution is -2.40. The highest BCUT2D eigenvalue weighted by Gasteiger charge is 2.23. The molecule has 8 heteroatoms. The van der Waals surface area contributed by atoms with E-state index in [2.05, 4.69) is 63.8 Å². The van der Waals surface area contributed by atoms with E-state index in [4.69, 9.17) is 10.3 Å². The number of hydrogen-bond acceptors (Lipinski definition) is 5. The Bertz CT molecular complexity index is 901. The molecule has 1 aliphatic heterocycles. The van der Waals surface area contributed by atoms with Crippen LogP contribution in [-0.2, 0) is 37.3 Å². The average Bonchev–Trinajstić information content (AvgIpc) is 3.21. The Morgan fingerprint density at radius 2 is 2.03 bits per heavy atom. The van der Waals surface area contributed by atoms with Gasteiger partial charge in [0.2, 0.25) is 5.91 Å². The number of rotatable bonds is 9. The molecule has 8 nitrogen and oxygen atoms in total. The number of carbonyl (C=O) groups excluding carboxylic acids is 1. The van der Waals surface area contributed by atoms with Crippen LogP contribution in [-0.4, -0.2) is 42.1 Å². The third-order valence-corrected chi connectivity index (χ3v) is 6.03. The highest BCUT2D eigenvalue weighted by molar-refractivity contribution is 5.79. The second-order valence-electron chi connectivity index (χ2n) is 8.31. The molecule has 1 unspecified atom stereocenters. The van der Waals surface area contributed by atoms with E-state index in [0.717, 1.165) is 68.3 Å². The van der Waals surface area contributed by atoms with Gasteiger partial charge >= 0.3 is 0 Å². The summed E-state index contributed by atoms with van der Waals surface area (Å²) in [5.41, 5.74) is 10.1. The molecule has 2 aromatic rings. The molecular formula is C24H36N6O2. The zero-order chi connectivity index (χ0) is 22.9. The van der Waals surface area contributed by atoms with Gasteiger partial charge in [-0.3, -0.25) is 14.7 Å². The minimum absolute atomic E-state index is 0.0325. The van der Waals surface area contributed by atoms with Gasteiger partial charge in [0, 0.05) is 45.2 Å². The summed E-state index contributed by atoms with van der Waals surface area (Å²) in [6.45, 7) is 8.04. The number of nitrogens with two attached hydrogens (primary N) is 1. The van der Waals surface area contributed by atoms with Gasteiger partial charge in [0.15, 0.2) is 5.96 Å². The molecule has 1 aliphatic rings. The molecule has 0 saturated carbocycles. The summed E-state index contributed by atoms with van der Waals surface area (Å²) in [6, 6.07) is 8.53. The van der Waals surface area contributed by atoms with Crippen LogP contribution in [0.3, 0.4) is 0 Å². The number of aryl methyl sites for hydroxylation is 2. The summed E-state index contributed by atoms with van der Waals surface area (Å²) >= 11 is 0. The summed E-state index contributed by atoms with van der Waals surface area (Å²) in [5.74, 6) is 1.44. The van der Waals surface area contributed by atoms with Gasteiger partial charge in [-0.1, -0.05) is 43.3 Å². The first-order chi connectivity index (χ1) is 15.5. The predicted octanol–water partition coefficient (Wildman–Crippen LogP) is 2.36. The van der Waals surface area contributed by atoms with Crippen molar-refractivity contribution in [3.8, 4) is 0 Å². The number of amides is 1. The number of hydrogen-bond donors (Lipinski definition) is 3. The van der Waals surface area contributed by atoms with E-state index in [1.165, 1.54) is 11.1 Å². The Kier molecular flexibility index (Phi) is 8.67. The number of nitrogens with zero attached hydrogens (tertiary/aromatic N) is 3. The van der Waals surface area contributed by atoms with E-state index in [1.807, 2.05) is 0 Å². The number of primary amides is 1. The summed E-state index contributed by atoms with van der Waals surface area (Å²) in [7, 11) is 1.77. The van der Waals surface area contributed by atoms with Crippen molar-refractivity contribution in [2.24, 2.45) is 16.6 Å². The fraction of sp³-hybridized carbons (Fsp3) is 0.542.